The molecule has 0 aliphatic heterocycles. The van der Waals surface area contributed by atoms with Crippen LogP contribution in [0, 0.1) is 6.92 Å². The Morgan fingerprint density at radius 3 is 2.40 bits per heavy atom. The lowest BCUT2D eigenvalue weighted by Crippen LogP contribution is -2.03. The van der Waals surface area contributed by atoms with E-state index in [0.29, 0.717) is 11.8 Å². The molecular weight excluding hydrogens is 240 g/mol. The zero-order chi connectivity index (χ0) is 11.6. The van der Waals surface area contributed by atoms with Crippen LogP contribution in [0.3, 0.4) is 0 Å². The van der Waals surface area contributed by atoms with E-state index >= 15 is 0 Å². The first-order valence-corrected chi connectivity index (χ1v) is 6.30. The molecule has 0 amide bonds. The van der Waals surface area contributed by atoms with Gasteiger partial charge in [0.2, 0.25) is 0 Å². The minimum absolute atomic E-state index is 0.0318. The third kappa shape index (κ3) is 2.30. The lowest BCUT2D eigenvalue weighted by Gasteiger charge is -2.09. The number of methoxy groups -OCH3 is 1. The van der Waals surface area contributed by atoms with Crippen LogP contribution in [0.15, 0.2) is 17.0 Å². The fourth-order valence-corrected chi connectivity index (χ4v) is 2.58. The van der Waals surface area contributed by atoms with E-state index in [9.17, 15) is 13.2 Å². The van der Waals surface area contributed by atoms with Gasteiger partial charge in [-0.05, 0) is 18.6 Å². The molecule has 0 radical (unpaired) electrons. The number of hydrogen-bond donors (Lipinski definition) is 0. The summed E-state index contributed by atoms with van der Waals surface area (Å²) in [6.45, 7) is 1.62. The van der Waals surface area contributed by atoms with Gasteiger partial charge in [0.25, 0.3) is 9.05 Å². The van der Waals surface area contributed by atoms with Crippen molar-refractivity contribution in [2.24, 2.45) is 0 Å². The van der Waals surface area contributed by atoms with E-state index in [2.05, 4.69) is 0 Å². The number of aldehydes is 1. The molecule has 0 bridgehead atoms. The number of hydrogen-bond acceptors (Lipinski definition) is 4. The average Bonchev–Trinajstić information content (AvgIpc) is 2.15. The van der Waals surface area contributed by atoms with Crippen molar-refractivity contribution in [1.29, 1.82) is 0 Å². The Morgan fingerprint density at radius 1 is 1.40 bits per heavy atom. The molecule has 0 saturated carbocycles. The lowest BCUT2D eigenvalue weighted by molar-refractivity contribution is 0.111. The van der Waals surface area contributed by atoms with Gasteiger partial charge in [-0.2, -0.15) is 0 Å². The van der Waals surface area contributed by atoms with Crippen LogP contribution in [0.4, 0.5) is 0 Å². The minimum Gasteiger partial charge on any atom is -0.495 e. The molecular formula is C9H9ClO4S. The second kappa shape index (κ2) is 4.20. The molecule has 6 heteroatoms. The molecule has 0 spiro atoms. The van der Waals surface area contributed by atoms with E-state index in [1.165, 1.54) is 13.2 Å². The largest absolute Gasteiger partial charge is 0.495 e. The lowest BCUT2D eigenvalue weighted by atomic mass is 10.1. The first-order chi connectivity index (χ1) is 6.91. The highest BCUT2D eigenvalue weighted by Gasteiger charge is 2.22. The monoisotopic (exact) mass is 248 g/mol. The van der Waals surface area contributed by atoms with Crippen molar-refractivity contribution < 1.29 is 17.9 Å². The summed E-state index contributed by atoms with van der Waals surface area (Å²) >= 11 is 0. The van der Waals surface area contributed by atoms with E-state index < -0.39 is 9.05 Å². The molecule has 0 aliphatic rings. The summed E-state index contributed by atoms with van der Waals surface area (Å²) < 4.78 is 27.4. The summed E-state index contributed by atoms with van der Waals surface area (Å²) in [6.07, 6.45) is 0.452. The maximum Gasteiger partial charge on any atom is 0.265 e. The Balaban J connectivity index is 3.70. The van der Waals surface area contributed by atoms with Gasteiger partial charge >= 0.3 is 0 Å². The number of ether oxygens (including phenoxy) is 1. The van der Waals surface area contributed by atoms with Crippen LogP contribution in [-0.2, 0) is 9.05 Å². The van der Waals surface area contributed by atoms with Gasteiger partial charge in [0, 0.05) is 16.2 Å². The second-order valence-corrected chi connectivity index (χ2v) is 5.39. The number of carbonyl (C=O) groups excluding carboxylic acids is 1. The SMILES string of the molecule is COc1ccc(C)c(C=O)c1S(=O)(=O)Cl. The first kappa shape index (κ1) is 12.0. The van der Waals surface area contributed by atoms with Crippen LogP contribution in [0.1, 0.15) is 15.9 Å². The molecule has 0 N–H and O–H groups in total. The maximum absolute atomic E-state index is 11.3. The zero-order valence-corrected chi connectivity index (χ0v) is 9.72. The van der Waals surface area contributed by atoms with E-state index in [0.717, 1.165) is 0 Å². The number of rotatable bonds is 3. The first-order valence-electron chi connectivity index (χ1n) is 3.99. The summed E-state index contributed by atoms with van der Waals surface area (Å²) in [5.74, 6) is 0.0673. The third-order valence-electron chi connectivity index (χ3n) is 1.96. The molecule has 0 fully saturated rings. The molecule has 0 aliphatic carbocycles. The predicted octanol–water partition coefficient (Wildman–Crippen LogP) is 1.74. The fourth-order valence-electron chi connectivity index (χ4n) is 1.24. The van der Waals surface area contributed by atoms with Crippen molar-refractivity contribution in [3.63, 3.8) is 0 Å². The van der Waals surface area contributed by atoms with E-state index in [-0.39, 0.29) is 16.2 Å². The van der Waals surface area contributed by atoms with Gasteiger partial charge < -0.3 is 4.74 Å². The third-order valence-corrected chi connectivity index (χ3v) is 3.33. The van der Waals surface area contributed by atoms with Crippen LogP contribution in [0.25, 0.3) is 0 Å². The van der Waals surface area contributed by atoms with Crippen molar-refractivity contribution in [3.05, 3.63) is 23.3 Å². The van der Waals surface area contributed by atoms with Crippen LogP contribution in [0.5, 0.6) is 5.75 Å². The standard InChI is InChI=1S/C9H9ClO4S/c1-6-3-4-8(14-2)9(7(6)5-11)15(10,12)13/h3-5H,1-2H3. The van der Waals surface area contributed by atoms with Gasteiger partial charge in [0.1, 0.15) is 10.6 Å². The van der Waals surface area contributed by atoms with Crippen LogP contribution >= 0.6 is 10.7 Å². The maximum atomic E-state index is 11.3. The minimum atomic E-state index is -3.99. The van der Waals surface area contributed by atoms with E-state index in [4.69, 9.17) is 15.4 Å². The summed E-state index contributed by atoms with van der Waals surface area (Å²) in [5, 5.41) is 0. The van der Waals surface area contributed by atoms with Crippen LogP contribution in [-0.4, -0.2) is 21.8 Å². The quantitative estimate of drug-likeness (QED) is 0.604. The normalized spacial score (nSPS) is 11.1. The van der Waals surface area contributed by atoms with Crippen molar-refractivity contribution >= 4 is 26.0 Å². The molecule has 1 rings (SSSR count). The number of halogens is 1. The van der Waals surface area contributed by atoms with Gasteiger partial charge in [-0.25, -0.2) is 8.42 Å². The number of benzene rings is 1. The summed E-state index contributed by atoms with van der Waals surface area (Å²) in [6, 6.07) is 3.05. The topological polar surface area (TPSA) is 60.4 Å². The zero-order valence-electron chi connectivity index (χ0n) is 8.15. The molecule has 0 aromatic heterocycles. The van der Waals surface area contributed by atoms with Crippen LogP contribution in [0.2, 0.25) is 0 Å². The summed E-state index contributed by atoms with van der Waals surface area (Å²) in [5.41, 5.74) is 0.564. The average molecular weight is 249 g/mol. The Labute approximate surface area is 92.2 Å². The van der Waals surface area contributed by atoms with Crippen molar-refractivity contribution in [3.8, 4) is 5.75 Å². The second-order valence-electron chi connectivity index (χ2n) is 2.88. The van der Waals surface area contributed by atoms with Gasteiger partial charge in [0.15, 0.2) is 6.29 Å². The smallest absolute Gasteiger partial charge is 0.265 e. The molecule has 0 heterocycles. The van der Waals surface area contributed by atoms with Gasteiger partial charge in [-0.15, -0.1) is 0 Å². The van der Waals surface area contributed by atoms with Gasteiger partial charge in [-0.1, -0.05) is 6.07 Å². The van der Waals surface area contributed by atoms with E-state index in [1.54, 1.807) is 13.0 Å². The molecule has 0 unspecified atom stereocenters. The molecule has 15 heavy (non-hydrogen) atoms. The van der Waals surface area contributed by atoms with Crippen molar-refractivity contribution in [2.75, 3.05) is 7.11 Å². The molecule has 0 atom stereocenters. The Morgan fingerprint density at radius 2 is 2.00 bits per heavy atom. The summed E-state index contributed by atoms with van der Waals surface area (Å²) in [7, 11) is 2.55. The van der Waals surface area contributed by atoms with Gasteiger partial charge in [0.05, 0.1) is 7.11 Å². The summed E-state index contributed by atoms with van der Waals surface area (Å²) in [4.78, 5) is 10.5. The van der Waals surface area contributed by atoms with Crippen molar-refractivity contribution in [1.82, 2.24) is 0 Å². The highest BCUT2D eigenvalue weighted by Crippen LogP contribution is 2.31. The Bertz CT molecular complexity index is 493. The molecule has 1 aromatic rings. The number of aryl methyl sites for hydroxylation is 1. The van der Waals surface area contributed by atoms with Crippen molar-refractivity contribution in [2.45, 2.75) is 11.8 Å². The molecule has 1 aromatic carbocycles. The number of carbonyl (C=O) groups is 1. The van der Waals surface area contributed by atoms with Gasteiger partial charge in [-0.3, -0.25) is 4.79 Å². The Kier molecular flexibility index (Phi) is 3.36. The highest BCUT2D eigenvalue weighted by molar-refractivity contribution is 8.13. The van der Waals surface area contributed by atoms with E-state index in [1.807, 2.05) is 0 Å². The molecule has 4 nitrogen and oxygen atoms in total. The fraction of sp³-hybridized carbons (Fsp3) is 0.222. The Hall–Kier alpha value is -1.07. The van der Waals surface area contributed by atoms with Crippen LogP contribution < -0.4 is 4.74 Å². The molecule has 82 valence electrons. The highest BCUT2D eigenvalue weighted by atomic mass is 35.7. The molecule has 0 saturated heterocycles. The predicted molar refractivity (Wildman–Crippen MR) is 56.2 cm³/mol.